The van der Waals surface area contributed by atoms with Gasteiger partial charge in [0.25, 0.3) is 0 Å². The zero-order valence-corrected chi connectivity index (χ0v) is 39.6. The molecule has 68 heavy (non-hydrogen) atoms. The molecule has 0 atom stereocenters. The van der Waals surface area contributed by atoms with Gasteiger partial charge in [0.2, 0.25) is 19.7 Å². The van der Waals surface area contributed by atoms with Crippen molar-refractivity contribution in [3.63, 3.8) is 0 Å². The van der Waals surface area contributed by atoms with Crippen molar-refractivity contribution in [1.29, 1.82) is 0 Å². The van der Waals surface area contributed by atoms with E-state index in [1.54, 1.807) is 109 Å². The molecule has 12 heteroatoms. The number of hydrogen-bond acceptors (Lipinski definition) is 10. The summed E-state index contributed by atoms with van der Waals surface area (Å²) in [5, 5.41) is 21.0. The van der Waals surface area contributed by atoms with Gasteiger partial charge in [-0.15, -0.1) is 0 Å². The standard InChI is InChI=1S/C56H50O10S2/c1-5-55(57,6-2)36-34-41-12-9-14-47(38-41)63-43-18-26-51(27-19-43)67(59,60)53-30-22-45(23-31-53)65-49-16-11-17-50(40-49)66-46-24-32-54(33-25-46)68(61,62)52-28-20-44(21-29-52)64-48-15-10-13-42(39-48)35-37-56(58,7-3)8-4/h9-33,38-40,57-58H,5-8H2,1-4H3. The van der Waals surface area contributed by atoms with Crippen LogP contribution in [0.4, 0.5) is 0 Å². The molecule has 2 N–H and O–H groups in total. The van der Waals surface area contributed by atoms with E-state index in [2.05, 4.69) is 23.7 Å². The Morgan fingerprint density at radius 3 is 0.882 bits per heavy atom. The van der Waals surface area contributed by atoms with Crippen LogP contribution in [-0.4, -0.2) is 38.3 Å². The third-order valence-corrected chi connectivity index (χ3v) is 14.7. The van der Waals surface area contributed by atoms with E-state index in [0.717, 1.165) is 0 Å². The van der Waals surface area contributed by atoms with Gasteiger partial charge >= 0.3 is 0 Å². The fourth-order valence-electron chi connectivity index (χ4n) is 6.67. The monoisotopic (exact) mass is 946 g/mol. The van der Waals surface area contributed by atoms with Crippen LogP contribution in [0.5, 0.6) is 46.0 Å². The van der Waals surface area contributed by atoms with Gasteiger partial charge in [-0.3, -0.25) is 0 Å². The van der Waals surface area contributed by atoms with Crippen molar-refractivity contribution in [3.8, 4) is 69.7 Å². The smallest absolute Gasteiger partial charge is 0.206 e. The summed E-state index contributed by atoms with van der Waals surface area (Å²) in [5.41, 5.74) is -0.733. The molecule has 0 radical (unpaired) electrons. The van der Waals surface area contributed by atoms with Crippen molar-refractivity contribution < 1.29 is 46.0 Å². The first-order valence-corrected chi connectivity index (χ1v) is 25.0. The Balaban J connectivity index is 0.936. The Morgan fingerprint density at radius 1 is 0.368 bits per heavy atom. The number of rotatable bonds is 16. The van der Waals surface area contributed by atoms with Gasteiger partial charge in [-0.05, 0) is 171 Å². The van der Waals surface area contributed by atoms with Crippen molar-refractivity contribution in [1.82, 2.24) is 0 Å². The highest BCUT2D eigenvalue weighted by Crippen LogP contribution is 2.33. The van der Waals surface area contributed by atoms with Crippen LogP contribution in [-0.2, 0) is 19.7 Å². The SMILES string of the molecule is CCC(O)(C#Cc1cccc(Oc2ccc(S(=O)(=O)c3ccc(Oc4cccc(Oc5ccc(S(=O)(=O)c6ccc(Oc7cccc(C#CC(O)(CC)CC)c7)cc6)cc5)c4)cc3)cc2)c1)CC. The van der Waals surface area contributed by atoms with Crippen LogP contribution < -0.4 is 18.9 Å². The molecule has 0 unspecified atom stereocenters. The zero-order chi connectivity index (χ0) is 48.4. The molecule has 0 amide bonds. The fourth-order valence-corrected chi connectivity index (χ4v) is 9.19. The molecule has 0 bridgehead atoms. The molecule has 0 saturated carbocycles. The molecule has 10 nitrogen and oxygen atoms in total. The van der Waals surface area contributed by atoms with Crippen LogP contribution in [0.2, 0.25) is 0 Å². The highest BCUT2D eigenvalue weighted by molar-refractivity contribution is 7.91. The Morgan fingerprint density at radius 2 is 0.618 bits per heavy atom. The minimum atomic E-state index is -3.87. The molecule has 0 aliphatic rings. The lowest BCUT2D eigenvalue weighted by molar-refractivity contribution is 0.0927. The van der Waals surface area contributed by atoms with E-state index in [1.807, 2.05) is 39.8 Å². The van der Waals surface area contributed by atoms with E-state index in [9.17, 15) is 27.0 Å². The second-order valence-electron chi connectivity index (χ2n) is 15.8. The van der Waals surface area contributed by atoms with Crippen LogP contribution >= 0.6 is 0 Å². The van der Waals surface area contributed by atoms with E-state index in [-0.39, 0.29) is 19.6 Å². The Kier molecular flexibility index (Phi) is 15.1. The van der Waals surface area contributed by atoms with Crippen molar-refractivity contribution >= 4 is 19.7 Å². The molecule has 346 valence electrons. The number of benzene rings is 7. The number of ether oxygens (including phenoxy) is 4. The molecule has 0 saturated heterocycles. The second kappa shape index (κ2) is 21.1. The van der Waals surface area contributed by atoms with E-state index in [1.165, 1.54) is 48.5 Å². The minimum absolute atomic E-state index is 0.0800. The third kappa shape index (κ3) is 12.2. The molecule has 0 aliphatic heterocycles. The summed E-state index contributed by atoms with van der Waals surface area (Å²) >= 11 is 0. The Hall–Kier alpha value is -7.32. The number of hydrogen-bond donors (Lipinski definition) is 2. The highest BCUT2D eigenvalue weighted by Gasteiger charge is 2.21. The molecular weight excluding hydrogens is 897 g/mol. The summed E-state index contributed by atoms with van der Waals surface area (Å²) in [5.74, 6) is 15.5. The minimum Gasteiger partial charge on any atom is -0.457 e. The quantitative estimate of drug-likeness (QED) is 0.0898. The van der Waals surface area contributed by atoms with Gasteiger partial charge in [0.1, 0.15) is 57.2 Å². The van der Waals surface area contributed by atoms with Crippen LogP contribution in [0.1, 0.15) is 64.5 Å². The highest BCUT2D eigenvalue weighted by atomic mass is 32.2. The predicted molar refractivity (Wildman–Crippen MR) is 261 cm³/mol. The lowest BCUT2D eigenvalue weighted by atomic mass is 9.98. The molecule has 0 spiro atoms. The molecule has 0 heterocycles. The summed E-state index contributed by atoms with van der Waals surface area (Å²) in [6, 6.07) is 45.6. The van der Waals surface area contributed by atoms with Crippen molar-refractivity contribution in [2.45, 2.75) is 84.2 Å². The van der Waals surface area contributed by atoms with E-state index < -0.39 is 30.9 Å². The van der Waals surface area contributed by atoms with Gasteiger partial charge in [0, 0.05) is 17.2 Å². The summed E-state index contributed by atoms with van der Waals surface area (Å²) in [7, 11) is -7.73. The lowest BCUT2D eigenvalue weighted by Gasteiger charge is -2.17. The van der Waals surface area contributed by atoms with Gasteiger partial charge in [-0.1, -0.05) is 69.6 Å². The van der Waals surface area contributed by atoms with E-state index in [0.29, 0.717) is 82.8 Å². The lowest BCUT2D eigenvalue weighted by Crippen LogP contribution is -2.23. The van der Waals surface area contributed by atoms with E-state index >= 15 is 0 Å². The molecule has 7 aromatic carbocycles. The van der Waals surface area contributed by atoms with Crippen molar-refractivity contribution in [2.75, 3.05) is 0 Å². The fraction of sp³-hybridized carbons (Fsp3) is 0.179. The topological polar surface area (TPSA) is 146 Å². The summed E-state index contributed by atoms with van der Waals surface area (Å²) in [4.78, 5) is 0.340. The van der Waals surface area contributed by atoms with Crippen LogP contribution in [0, 0.1) is 23.7 Å². The van der Waals surface area contributed by atoms with Gasteiger partial charge < -0.3 is 29.2 Å². The molecule has 7 rings (SSSR count). The van der Waals surface area contributed by atoms with Crippen LogP contribution in [0.25, 0.3) is 0 Å². The van der Waals surface area contributed by atoms with Crippen LogP contribution in [0.15, 0.2) is 189 Å². The maximum absolute atomic E-state index is 13.5. The van der Waals surface area contributed by atoms with Gasteiger partial charge in [-0.2, -0.15) is 0 Å². The second-order valence-corrected chi connectivity index (χ2v) is 19.7. The number of aliphatic hydroxyl groups is 2. The van der Waals surface area contributed by atoms with Crippen molar-refractivity contribution in [2.24, 2.45) is 0 Å². The van der Waals surface area contributed by atoms with Gasteiger partial charge in [0.05, 0.1) is 19.6 Å². The average molecular weight is 947 g/mol. The third-order valence-electron chi connectivity index (χ3n) is 11.2. The summed E-state index contributed by atoms with van der Waals surface area (Å²) in [6.07, 6.45) is 2.07. The summed E-state index contributed by atoms with van der Waals surface area (Å²) in [6.45, 7) is 7.54. The zero-order valence-electron chi connectivity index (χ0n) is 38.0. The molecule has 0 aliphatic carbocycles. The average Bonchev–Trinajstić information content (AvgIpc) is 3.36. The molecule has 7 aromatic rings. The molecule has 0 aromatic heterocycles. The maximum atomic E-state index is 13.5. The predicted octanol–water partition coefficient (Wildman–Crippen LogP) is 12.3. The molecular formula is C56H50O10S2. The Bertz CT molecular complexity index is 2990. The van der Waals surface area contributed by atoms with Gasteiger partial charge in [-0.25, -0.2) is 16.8 Å². The van der Waals surface area contributed by atoms with E-state index in [4.69, 9.17) is 18.9 Å². The number of sulfone groups is 2. The Labute approximate surface area is 398 Å². The maximum Gasteiger partial charge on any atom is 0.206 e. The summed E-state index contributed by atoms with van der Waals surface area (Å²) < 4.78 is 78.1. The van der Waals surface area contributed by atoms with Gasteiger partial charge in [0.15, 0.2) is 0 Å². The van der Waals surface area contributed by atoms with Crippen molar-refractivity contribution in [3.05, 3.63) is 181 Å². The first-order chi connectivity index (χ1) is 32.6. The van der Waals surface area contributed by atoms with Crippen LogP contribution in [0.3, 0.4) is 0 Å². The molecule has 0 fully saturated rings. The first-order valence-electron chi connectivity index (χ1n) is 22.1. The first kappa shape index (κ1) is 48.6. The normalized spacial score (nSPS) is 11.6. The largest absolute Gasteiger partial charge is 0.457 e.